The highest BCUT2D eigenvalue weighted by Crippen LogP contribution is 2.03. The lowest BCUT2D eigenvalue weighted by Gasteiger charge is -2.14. The van der Waals surface area contributed by atoms with Crippen molar-refractivity contribution in [2.75, 3.05) is 6.54 Å². The summed E-state index contributed by atoms with van der Waals surface area (Å²) in [6.45, 7) is 4.67. The summed E-state index contributed by atoms with van der Waals surface area (Å²) in [5.74, 6) is 1.11. The van der Waals surface area contributed by atoms with E-state index in [4.69, 9.17) is 4.42 Å². The number of urea groups is 1. The third-order valence-corrected chi connectivity index (χ3v) is 2.25. The highest BCUT2D eigenvalue weighted by Gasteiger charge is 2.08. The maximum absolute atomic E-state index is 11.4. The molecule has 1 heterocycles. The standard InChI is InChI=1S/C12H20N2O3/c1-9(2)6-10(15)7-13-12(16)14-8-11-4-3-5-17-11/h3-5,9-10,15H,6-8H2,1-2H3,(H2,13,14,16). The Morgan fingerprint density at radius 1 is 1.47 bits per heavy atom. The average molecular weight is 240 g/mol. The first-order chi connectivity index (χ1) is 8.08. The lowest BCUT2D eigenvalue weighted by atomic mass is 10.1. The van der Waals surface area contributed by atoms with Gasteiger partial charge in [-0.2, -0.15) is 0 Å². The minimum atomic E-state index is -0.496. The van der Waals surface area contributed by atoms with E-state index in [1.807, 2.05) is 13.8 Å². The Morgan fingerprint density at radius 2 is 2.24 bits per heavy atom. The maximum atomic E-state index is 11.4. The molecule has 0 bridgehead atoms. The van der Waals surface area contributed by atoms with Gasteiger partial charge < -0.3 is 20.2 Å². The summed E-state index contributed by atoms with van der Waals surface area (Å²) in [5, 5.41) is 14.8. The quantitative estimate of drug-likeness (QED) is 0.705. The predicted molar refractivity (Wildman–Crippen MR) is 64.4 cm³/mol. The van der Waals surface area contributed by atoms with Gasteiger partial charge in [-0.15, -0.1) is 0 Å². The third kappa shape index (κ3) is 5.97. The zero-order valence-electron chi connectivity index (χ0n) is 10.3. The molecule has 0 aliphatic heterocycles. The zero-order valence-corrected chi connectivity index (χ0v) is 10.3. The normalized spacial score (nSPS) is 12.5. The molecule has 1 atom stereocenters. The Morgan fingerprint density at radius 3 is 2.82 bits per heavy atom. The molecule has 0 fully saturated rings. The molecule has 96 valence electrons. The number of hydrogen-bond acceptors (Lipinski definition) is 3. The van der Waals surface area contributed by atoms with E-state index in [2.05, 4.69) is 10.6 Å². The summed E-state index contributed by atoms with van der Waals surface area (Å²) >= 11 is 0. The molecule has 5 heteroatoms. The number of carbonyl (C=O) groups is 1. The van der Waals surface area contributed by atoms with Gasteiger partial charge in [-0.25, -0.2) is 4.79 Å². The van der Waals surface area contributed by atoms with Crippen molar-refractivity contribution in [2.45, 2.75) is 32.9 Å². The van der Waals surface area contributed by atoms with E-state index in [-0.39, 0.29) is 12.6 Å². The molecular weight excluding hydrogens is 220 g/mol. The molecule has 1 unspecified atom stereocenters. The Bertz CT molecular complexity index is 323. The van der Waals surface area contributed by atoms with E-state index in [1.165, 1.54) is 0 Å². The van der Waals surface area contributed by atoms with Crippen LogP contribution in [0.25, 0.3) is 0 Å². The van der Waals surface area contributed by atoms with E-state index in [0.29, 0.717) is 24.6 Å². The molecule has 0 spiro atoms. The van der Waals surface area contributed by atoms with Gasteiger partial charge in [-0.1, -0.05) is 13.8 Å². The van der Waals surface area contributed by atoms with Gasteiger partial charge in [0.15, 0.2) is 0 Å². The van der Waals surface area contributed by atoms with Crippen LogP contribution in [0.4, 0.5) is 4.79 Å². The molecule has 1 aromatic heterocycles. The number of rotatable bonds is 6. The molecule has 5 nitrogen and oxygen atoms in total. The molecule has 0 aliphatic rings. The van der Waals surface area contributed by atoms with Crippen molar-refractivity contribution in [3.63, 3.8) is 0 Å². The monoisotopic (exact) mass is 240 g/mol. The van der Waals surface area contributed by atoms with Crippen LogP contribution in [0.2, 0.25) is 0 Å². The molecule has 2 amide bonds. The Kier molecular flexibility index (Phi) is 5.56. The van der Waals surface area contributed by atoms with Gasteiger partial charge >= 0.3 is 6.03 Å². The van der Waals surface area contributed by atoms with E-state index < -0.39 is 6.10 Å². The fourth-order valence-electron chi connectivity index (χ4n) is 1.48. The minimum Gasteiger partial charge on any atom is -0.467 e. The predicted octanol–water partition coefficient (Wildman–Crippen LogP) is 1.49. The second kappa shape index (κ2) is 6.96. The fourth-order valence-corrected chi connectivity index (χ4v) is 1.48. The highest BCUT2D eigenvalue weighted by atomic mass is 16.3. The minimum absolute atomic E-state index is 0.266. The van der Waals surface area contributed by atoms with E-state index in [0.717, 1.165) is 0 Å². The van der Waals surface area contributed by atoms with Gasteiger partial charge in [0.1, 0.15) is 5.76 Å². The summed E-state index contributed by atoms with van der Waals surface area (Å²) in [6.07, 6.45) is 1.74. The molecule has 0 saturated carbocycles. The van der Waals surface area contributed by atoms with Gasteiger partial charge in [-0.3, -0.25) is 0 Å². The van der Waals surface area contributed by atoms with Crippen molar-refractivity contribution in [1.29, 1.82) is 0 Å². The first-order valence-electron chi connectivity index (χ1n) is 5.80. The molecule has 0 radical (unpaired) electrons. The smallest absolute Gasteiger partial charge is 0.315 e. The van der Waals surface area contributed by atoms with Crippen LogP contribution in [0.1, 0.15) is 26.0 Å². The van der Waals surface area contributed by atoms with E-state index in [9.17, 15) is 9.90 Å². The van der Waals surface area contributed by atoms with Crippen molar-refractivity contribution in [3.8, 4) is 0 Å². The number of amides is 2. The fraction of sp³-hybridized carbons (Fsp3) is 0.583. The van der Waals surface area contributed by atoms with Crippen LogP contribution in [0, 0.1) is 5.92 Å². The van der Waals surface area contributed by atoms with Crippen LogP contribution < -0.4 is 10.6 Å². The van der Waals surface area contributed by atoms with E-state index >= 15 is 0 Å². The largest absolute Gasteiger partial charge is 0.467 e. The molecule has 0 aromatic carbocycles. The zero-order chi connectivity index (χ0) is 12.7. The SMILES string of the molecule is CC(C)CC(O)CNC(=O)NCc1ccco1. The number of furan rings is 1. The van der Waals surface area contributed by atoms with Gasteiger partial charge in [0.05, 0.1) is 18.9 Å². The van der Waals surface area contributed by atoms with Gasteiger partial charge in [-0.05, 0) is 24.5 Å². The van der Waals surface area contributed by atoms with Crippen LogP contribution in [0.5, 0.6) is 0 Å². The van der Waals surface area contributed by atoms with Crippen LogP contribution in [0.15, 0.2) is 22.8 Å². The first kappa shape index (κ1) is 13.6. The number of aliphatic hydroxyl groups is 1. The number of nitrogens with one attached hydrogen (secondary N) is 2. The lowest BCUT2D eigenvalue weighted by molar-refractivity contribution is 0.146. The molecule has 0 aliphatic carbocycles. The molecule has 3 N–H and O–H groups in total. The van der Waals surface area contributed by atoms with Crippen LogP contribution in [-0.4, -0.2) is 23.8 Å². The Hall–Kier alpha value is -1.49. The topological polar surface area (TPSA) is 74.5 Å². The number of aliphatic hydroxyl groups excluding tert-OH is 1. The van der Waals surface area contributed by atoms with Gasteiger partial charge in [0.25, 0.3) is 0 Å². The van der Waals surface area contributed by atoms with Gasteiger partial charge in [0.2, 0.25) is 0 Å². The molecule has 0 saturated heterocycles. The molecule has 1 aromatic rings. The average Bonchev–Trinajstić information content (AvgIpc) is 2.75. The lowest BCUT2D eigenvalue weighted by Crippen LogP contribution is -2.39. The summed E-state index contributed by atoms with van der Waals surface area (Å²) in [4.78, 5) is 11.4. The number of hydrogen-bond donors (Lipinski definition) is 3. The van der Waals surface area contributed by atoms with Crippen molar-refractivity contribution >= 4 is 6.03 Å². The summed E-state index contributed by atoms with van der Waals surface area (Å²) < 4.78 is 5.07. The van der Waals surface area contributed by atoms with Crippen LogP contribution in [0.3, 0.4) is 0 Å². The highest BCUT2D eigenvalue weighted by molar-refractivity contribution is 5.73. The summed E-state index contributed by atoms with van der Waals surface area (Å²) in [7, 11) is 0. The summed E-state index contributed by atoms with van der Waals surface area (Å²) in [5.41, 5.74) is 0. The second-order valence-corrected chi connectivity index (χ2v) is 4.43. The number of carbonyl (C=O) groups excluding carboxylic acids is 1. The Balaban J connectivity index is 2.13. The summed E-state index contributed by atoms with van der Waals surface area (Å²) in [6, 6.07) is 3.25. The van der Waals surface area contributed by atoms with Crippen molar-refractivity contribution < 1.29 is 14.3 Å². The van der Waals surface area contributed by atoms with Crippen molar-refractivity contribution in [2.24, 2.45) is 5.92 Å². The first-order valence-corrected chi connectivity index (χ1v) is 5.80. The third-order valence-electron chi connectivity index (χ3n) is 2.25. The molecule has 17 heavy (non-hydrogen) atoms. The Labute approximate surface area is 101 Å². The van der Waals surface area contributed by atoms with Gasteiger partial charge in [0, 0.05) is 6.54 Å². The van der Waals surface area contributed by atoms with E-state index in [1.54, 1.807) is 18.4 Å². The molecular formula is C12H20N2O3. The maximum Gasteiger partial charge on any atom is 0.315 e. The van der Waals surface area contributed by atoms with Crippen molar-refractivity contribution in [3.05, 3.63) is 24.2 Å². The molecule has 1 rings (SSSR count). The van der Waals surface area contributed by atoms with Crippen LogP contribution in [-0.2, 0) is 6.54 Å². The van der Waals surface area contributed by atoms with Crippen LogP contribution >= 0.6 is 0 Å². The second-order valence-electron chi connectivity index (χ2n) is 4.43. The van der Waals surface area contributed by atoms with Crippen molar-refractivity contribution in [1.82, 2.24) is 10.6 Å².